The summed E-state index contributed by atoms with van der Waals surface area (Å²) in [5.74, 6) is -1.27. The molecule has 5 nitrogen and oxygen atoms in total. The van der Waals surface area contributed by atoms with Crippen LogP contribution in [0.2, 0.25) is 0 Å². The number of hydrogen-bond donors (Lipinski definition) is 1. The molecule has 2 aromatic rings. The molecule has 0 bridgehead atoms. The molecule has 0 aliphatic heterocycles. The van der Waals surface area contributed by atoms with Gasteiger partial charge in [0, 0.05) is 0 Å². The predicted octanol–water partition coefficient (Wildman–Crippen LogP) is 6.14. The maximum Gasteiger partial charge on any atom is 0.311 e. The van der Waals surface area contributed by atoms with Crippen LogP contribution < -0.4 is 0 Å². The van der Waals surface area contributed by atoms with Gasteiger partial charge in [-0.15, -0.1) is 5.10 Å². The second-order valence-electron chi connectivity index (χ2n) is 7.62. The van der Waals surface area contributed by atoms with E-state index in [1.807, 2.05) is 24.3 Å². The fourth-order valence-electron chi connectivity index (χ4n) is 3.75. The van der Waals surface area contributed by atoms with E-state index in [9.17, 15) is 9.90 Å². The first-order valence-electron chi connectivity index (χ1n) is 10.9. The molecule has 5 heteroatoms. The minimum absolute atomic E-state index is 0.501. The van der Waals surface area contributed by atoms with Crippen LogP contribution in [0.25, 0.3) is 5.69 Å². The average molecular weight is 386 g/mol. The van der Waals surface area contributed by atoms with E-state index < -0.39 is 11.9 Å². The van der Waals surface area contributed by atoms with Crippen molar-refractivity contribution >= 4 is 5.97 Å². The Hall–Kier alpha value is -2.17. The molecule has 0 radical (unpaired) electrons. The number of benzene rings is 1. The molecule has 0 aliphatic rings. The Morgan fingerprint density at radius 2 is 1.57 bits per heavy atom. The summed E-state index contributed by atoms with van der Waals surface area (Å²) in [7, 11) is 0. The summed E-state index contributed by atoms with van der Waals surface area (Å²) in [5, 5.41) is 17.6. The number of aromatic nitrogens is 3. The summed E-state index contributed by atoms with van der Waals surface area (Å²) in [4.78, 5) is 11.9. The molecule has 1 aromatic carbocycles. The summed E-state index contributed by atoms with van der Waals surface area (Å²) in [6, 6.07) is 7.60. The minimum atomic E-state index is -0.764. The third-order valence-electron chi connectivity index (χ3n) is 5.38. The zero-order valence-electron chi connectivity index (χ0n) is 17.2. The Balaban J connectivity index is 1.73. The molecule has 1 unspecified atom stereocenters. The molecule has 154 valence electrons. The fourth-order valence-corrected chi connectivity index (χ4v) is 3.75. The number of nitrogens with zero attached hydrogens (tertiary/aromatic N) is 3. The van der Waals surface area contributed by atoms with E-state index in [4.69, 9.17) is 0 Å². The first kappa shape index (κ1) is 22.1. The molecule has 0 saturated heterocycles. The van der Waals surface area contributed by atoms with Crippen LogP contribution in [0.1, 0.15) is 95.5 Å². The van der Waals surface area contributed by atoms with Crippen molar-refractivity contribution in [1.29, 1.82) is 0 Å². The number of para-hydroxylation sites is 1. The van der Waals surface area contributed by atoms with Crippen LogP contribution in [0.3, 0.4) is 0 Å². The van der Waals surface area contributed by atoms with Gasteiger partial charge in [-0.05, 0) is 18.1 Å². The molecule has 0 fully saturated rings. The van der Waals surface area contributed by atoms with Crippen LogP contribution >= 0.6 is 0 Å². The second kappa shape index (κ2) is 13.1. The Labute approximate surface area is 169 Å². The Kier molecular flexibility index (Phi) is 10.3. The lowest BCUT2D eigenvalue weighted by Crippen LogP contribution is -2.14. The predicted molar refractivity (Wildman–Crippen MR) is 113 cm³/mol. The first-order valence-corrected chi connectivity index (χ1v) is 10.9. The van der Waals surface area contributed by atoms with Crippen molar-refractivity contribution in [3.63, 3.8) is 0 Å². The number of hydrogen-bond acceptors (Lipinski definition) is 3. The highest BCUT2D eigenvalue weighted by Gasteiger charge is 2.23. The Morgan fingerprint density at radius 1 is 0.964 bits per heavy atom. The second-order valence-corrected chi connectivity index (χ2v) is 7.62. The lowest BCUT2D eigenvalue weighted by molar-refractivity contribution is -0.139. The summed E-state index contributed by atoms with van der Waals surface area (Å²) in [5.41, 5.74) is 1.61. The number of carbonyl (C=O) groups is 1. The number of carboxylic acid groups (broad SMARTS) is 1. The zero-order valence-corrected chi connectivity index (χ0v) is 17.2. The molecular formula is C23H35N3O2. The standard InChI is InChI=1S/C23H35N3O2/c1-2-3-4-5-6-7-8-9-10-11-12-16-21(23(27)28)20-15-13-14-17-22(20)26-19-18-24-25-26/h13-15,17-19,21H,2-12,16H2,1H3,(H,27,28). The summed E-state index contributed by atoms with van der Waals surface area (Å²) in [6.07, 6.45) is 18.0. The van der Waals surface area contributed by atoms with Crippen LogP contribution in [0.5, 0.6) is 0 Å². The van der Waals surface area contributed by atoms with Crippen LogP contribution in [0, 0.1) is 0 Å². The van der Waals surface area contributed by atoms with E-state index in [-0.39, 0.29) is 0 Å². The molecule has 0 amide bonds. The fraction of sp³-hybridized carbons (Fsp3) is 0.609. The van der Waals surface area contributed by atoms with Crippen molar-refractivity contribution in [2.45, 2.75) is 89.9 Å². The molecule has 2 rings (SSSR count). The molecule has 1 heterocycles. The molecule has 1 atom stereocenters. The molecule has 0 saturated carbocycles. The minimum Gasteiger partial charge on any atom is -0.481 e. The number of unbranched alkanes of at least 4 members (excludes halogenated alkanes) is 10. The molecule has 1 N–H and O–H groups in total. The SMILES string of the molecule is CCCCCCCCCCCCCC(C(=O)O)c1ccccc1-n1ccnn1. The van der Waals surface area contributed by atoms with Crippen molar-refractivity contribution in [2.75, 3.05) is 0 Å². The zero-order chi connectivity index (χ0) is 20.0. The Morgan fingerprint density at radius 3 is 2.14 bits per heavy atom. The summed E-state index contributed by atoms with van der Waals surface area (Å²) < 4.78 is 1.64. The van der Waals surface area contributed by atoms with Gasteiger partial charge >= 0.3 is 5.97 Å². The van der Waals surface area contributed by atoms with E-state index in [0.717, 1.165) is 24.1 Å². The monoisotopic (exact) mass is 385 g/mol. The van der Waals surface area contributed by atoms with Gasteiger partial charge in [-0.2, -0.15) is 0 Å². The molecule has 28 heavy (non-hydrogen) atoms. The van der Waals surface area contributed by atoms with Gasteiger partial charge in [0.1, 0.15) is 0 Å². The molecule has 1 aromatic heterocycles. The van der Waals surface area contributed by atoms with Crippen molar-refractivity contribution in [3.05, 3.63) is 42.2 Å². The van der Waals surface area contributed by atoms with E-state index in [1.54, 1.807) is 17.1 Å². The smallest absolute Gasteiger partial charge is 0.311 e. The highest BCUT2D eigenvalue weighted by Crippen LogP contribution is 2.28. The summed E-state index contributed by atoms with van der Waals surface area (Å²) >= 11 is 0. The largest absolute Gasteiger partial charge is 0.481 e. The topological polar surface area (TPSA) is 68.0 Å². The molecular weight excluding hydrogens is 350 g/mol. The van der Waals surface area contributed by atoms with Gasteiger partial charge in [0.25, 0.3) is 0 Å². The van der Waals surface area contributed by atoms with E-state index in [1.165, 1.54) is 57.8 Å². The van der Waals surface area contributed by atoms with Gasteiger partial charge in [-0.1, -0.05) is 101 Å². The van der Waals surface area contributed by atoms with Crippen molar-refractivity contribution in [1.82, 2.24) is 15.0 Å². The van der Waals surface area contributed by atoms with Gasteiger partial charge in [0.2, 0.25) is 0 Å². The van der Waals surface area contributed by atoms with E-state index in [2.05, 4.69) is 17.2 Å². The van der Waals surface area contributed by atoms with Gasteiger partial charge in [-0.25, -0.2) is 4.68 Å². The van der Waals surface area contributed by atoms with Gasteiger partial charge in [0.05, 0.1) is 24.0 Å². The van der Waals surface area contributed by atoms with Crippen LogP contribution in [-0.4, -0.2) is 26.1 Å². The lowest BCUT2D eigenvalue weighted by Gasteiger charge is -2.16. The van der Waals surface area contributed by atoms with E-state index in [0.29, 0.717) is 6.42 Å². The third-order valence-corrected chi connectivity index (χ3v) is 5.38. The van der Waals surface area contributed by atoms with Crippen molar-refractivity contribution in [3.8, 4) is 5.69 Å². The van der Waals surface area contributed by atoms with Crippen LogP contribution in [-0.2, 0) is 4.79 Å². The quantitative estimate of drug-likeness (QED) is 0.374. The summed E-state index contributed by atoms with van der Waals surface area (Å²) in [6.45, 7) is 2.25. The highest BCUT2D eigenvalue weighted by atomic mass is 16.4. The van der Waals surface area contributed by atoms with E-state index >= 15 is 0 Å². The lowest BCUT2D eigenvalue weighted by atomic mass is 9.91. The maximum absolute atomic E-state index is 11.9. The molecule has 0 aliphatic carbocycles. The van der Waals surface area contributed by atoms with Gasteiger partial charge in [-0.3, -0.25) is 4.79 Å². The van der Waals surface area contributed by atoms with Crippen molar-refractivity contribution < 1.29 is 9.90 Å². The number of rotatable bonds is 15. The normalized spacial score (nSPS) is 12.2. The van der Waals surface area contributed by atoms with Crippen LogP contribution in [0.15, 0.2) is 36.7 Å². The maximum atomic E-state index is 11.9. The number of carboxylic acids is 1. The third kappa shape index (κ3) is 7.45. The molecule has 0 spiro atoms. The highest BCUT2D eigenvalue weighted by molar-refractivity contribution is 5.77. The van der Waals surface area contributed by atoms with Gasteiger partial charge in [0.15, 0.2) is 0 Å². The first-order chi connectivity index (χ1) is 13.7. The Bertz CT molecular complexity index is 670. The number of aliphatic carboxylic acids is 1. The average Bonchev–Trinajstić information content (AvgIpc) is 3.23. The van der Waals surface area contributed by atoms with Gasteiger partial charge < -0.3 is 5.11 Å². The van der Waals surface area contributed by atoms with Crippen LogP contribution in [0.4, 0.5) is 0 Å². The van der Waals surface area contributed by atoms with Crippen molar-refractivity contribution in [2.24, 2.45) is 0 Å².